The van der Waals surface area contributed by atoms with Gasteiger partial charge in [0.05, 0.1) is 12.7 Å². The zero-order valence-corrected chi connectivity index (χ0v) is 9.53. The maximum absolute atomic E-state index is 11.4. The molecule has 0 bridgehead atoms. The van der Waals surface area contributed by atoms with E-state index in [4.69, 9.17) is 16.3 Å². The predicted molar refractivity (Wildman–Crippen MR) is 57.0 cm³/mol. The molecule has 1 aromatic carbocycles. The summed E-state index contributed by atoms with van der Waals surface area (Å²) in [6.07, 6.45) is 0. The molecule has 0 radical (unpaired) electrons. The zero-order valence-electron chi connectivity index (χ0n) is 8.77. The molecular formula is C11H13ClO2. The first-order valence-electron chi connectivity index (χ1n) is 4.33. The number of methoxy groups -OCH3 is 1. The molecule has 0 fully saturated rings. The Morgan fingerprint density at radius 3 is 2.36 bits per heavy atom. The fourth-order valence-electron chi connectivity index (χ4n) is 1.58. The molecule has 3 heteroatoms. The molecule has 1 rings (SSSR count). The van der Waals surface area contributed by atoms with Crippen LogP contribution in [0, 0.1) is 20.8 Å². The Labute approximate surface area is 88.8 Å². The molecule has 0 saturated heterocycles. The van der Waals surface area contributed by atoms with Gasteiger partial charge in [0.2, 0.25) is 0 Å². The SMILES string of the molecule is COC(=O)c1c(C)cc(C)c(Cl)c1C. The summed E-state index contributed by atoms with van der Waals surface area (Å²) in [6, 6.07) is 1.89. The summed E-state index contributed by atoms with van der Waals surface area (Å²) in [7, 11) is 1.37. The summed E-state index contributed by atoms with van der Waals surface area (Å²) >= 11 is 6.05. The average Bonchev–Trinajstić information content (AvgIpc) is 2.14. The Bertz CT molecular complexity index is 383. The molecule has 0 amide bonds. The molecule has 14 heavy (non-hydrogen) atoms. The number of halogens is 1. The minimum absolute atomic E-state index is 0.332. The molecule has 0 unspecified atom stereocenters. The van der Waals surface area contributed by atoms with Gasteiger partial charge in [-0.2, -0.15) is 0 Å². The normalized spacial score (nSPS) is 10.1. The number of carbonyl (C=O) groups excluding carboxylic acids is 1. The number of benzene rings is 1. The molecule has 0 aliphatic rings. The molecule has 0 heterocycles. The summed E-state index contributed by atoms with van der Waals surface area (Å²) in [6.45, 7) is 5.63. The van der Waals surface area contributed by atoms with Crippen LogP contribution >= 0.6 is 11.6 Å². The minimum Gasteiger partial charge on any atom is -0.465 e. The van der Waals surface area contributed by atoms with E-state index in [1.54, 1.807) is 0 Å². The number of aryl methyl sites for hydroxylation is 2. The molecule has 0 atom stereocenters. The summed E-state index contributed by atoms with van der Waals surface area (Å²) in [5, 5.41) is 0.635. The Morgan fingerprint density at radius 2 is 1.86 bits per heavy atom. The first kappa shape index (κ1) is 11.1. The van der Waals surface area contributed by atoms with Crippen LogP contribution in [0.5, 0.6) is 0 Å². The van der Waals surface area contributed by atoms with Crippen molar-refractivity contribution in [2.75, 3.05) is 7.11 Å². The molecule has 76 valence electrons. The molecule has 0 aromatic heterocycles. The highest BCUT2D eigenvalue weighted by molar-refractivity contribution is 6.32. The van der Waals surface area contributed by atoms with Gasteiger partial charge in [-0.1, -0.05) is 17.7 Å². The van der Waals surface area contributed by atoms with E-state index in [1.165, 1.54) is 7.11 Å². The number of carbonyl (C=O) groups is 1. The maximum Gasteiger partial charge on any atom is 0.338 e. The van der Waals surface area contributed by atoms with Gasteiger partial charge >= 0.3 is 5.97 Å². The van der Waals surface area contributed by atoms with Crippen LogP contribution in [0.25, 0.3) is 0 Å². The van der Waals surface area contributed by atoms with Crippen LogP contribution in [0.15, 0.2) is 6.07 Å². The summed E-state index contributed by atoms with van der Waals surface area (Å²) in [4.78, 5) is 11.4. The fraction of sp³-hybridized carbons (Fsp3) is 0.364. The maximum atomic E-state index is 11.4. The molecule has 0 aliphatic heterocycles. The van der Waals surface area contributed by atoms with Gasteiger partial charge in [-0.15, -0.1) is 0 Å². The number of ether oxygens (including phenoxy) is 1. The van der Waals surface area contributed by atoms with E-state index in [0.29, 0.717) is 10.6 Å². The quantitative estimate of drug-likeness (QED) is 0.669. The van der Waals surface area contributed by atoms with Crippen LogP contribution in [-0.4, -0.2) is 13.1 Å². The van der Waals surface area contributed by atoms with Gasteiger partial charge in [0.15, 0.2) is 0 Å². The molecular weight excluding hydrogens is 200 g/mol. The summed E-state index contributed by atoms with van der Waals surface area (Å²) in [5.74, 6) is -0.332. The lowest BCUT2D eigenvalue weighted by atomic mass is 10.00. The van der Waals surface area contributed by atoms with Gasteiger partial charge < -0.3 is 4.74 Å². The lowest BCUT2D eigenvalue weighted by molar-refractivity contribution is 0.0599. The molecule has 1 aromatic rings. The number of hydrogen-bond donors (Lipinski definition) is 0. The van der Waals surface area contributed by atoms with Gasteiger partial charge in [-0.05, 0) is 37.5 Å². The van der Waals surface area contributed by atoms with Crippen molar-refractivity contribution in [1.29, 1.82) is 0 Å². The van der Waals surface area contributed by atoms with Gasteiger partial charge in [-0.25, -0.2) is 4.79 Å². The van der Waals surface area contributed by atoms with Gasteiger partial charge in [0.25, 0.3) is 0 Å². The highest BCUT2D eigenvalue weighted by Gasteiger charge is 2.16. The Balaban J connectivity index is 3.44. The molecule has 0 N–H and O–H groups in total. The van der Waals surface area contributed by atoms with Crippen molar-refractivity contribution < 1.29 is 9.53 Å². The minimum atomic E-state index is -0.332. The van der Waals surface area contributed by atoms with Crippen molar-refractivity contribution in [3.8, 4) is 0 Å². The topological polar surface area (TPSA) is 26.3 Å². The van der Waals surface area contributed by atoms with Crippen molar-refractivity contribution in [3.05, 3.63) is 33.3 Å². The van der Waals surface area contributed by atoms with Gasteiger partial charge in [-0.3, -0.25) is 0 Å². The second kappa shape index (κ2) is 4.01. The third-order valence-corrected chi connectivity index (χ3v) is 2.85. The van der Waals surface area contributed by atoms with Crippen molar-refractivity contribution in [1.82, 2.24) is 0 Å². The lowest BCUT2D eigenvalue weighted by Gasteiger charge is -2.11. The van der Waals surface area contributed by atoms with Crippen LogP contribution < -0.4 is 0 Å². The van der Waals surface area contributed by atoms with E-state index in [9.17, 15) is 4.79 Å². The first-order valence-corrected chi connectivity index (χ1v) is 4.71. The third kappa shape index (κ3) is 1.75. The average molecular weight is 213 g/mol. The second-order valence-electron chi connectivity index (χ2n) is 3.32. The molecule has 0 saturated carbocycles. The Hall–Kier alpha value is -1.02. The highest BCUT2D eigenvalue weighted by Crippen LogP contribution is 2.26. The fourth-order valence-corrected chi connectivity index (χ4v) is 1.73. The zero-order chi connectivity index (χ0) is 10.9. The lowest BCUT2D eigenvalue weighted by Crippen LogP contribution is -2.07. The van der Waals surface area contributed by atoms with Crippen LogP contribution in [0.4, 0.5) is 0 Å². The number of rotatable bonds is 1. The van der Waals surface area contributed by atoms with Gasteiger partial charge in [0, 0.05) is 5.02 Å². The van der Waals surface area contributed by atoms with E-state index in [0.717, 1.165) is 16.7 Å². The van der Waals surface area contributed by atoms with E-state index in [1.807, 2.05) is 26.8 Å². The van der Waals surface area contributed by atoms with Crippen LogP contribution in [0.2, 0.25) is 5.02 Å². The number of esters is 1. The second-order valence-corrected chi connectivity index (χ2v) is 3.69. The summed E-state index contributed by atoms with van der Waals surface area (Å²) < 4.78 is 4.70. The summed E-state index contributed by atoms with van der Waals surface area (Å²) in [5.41, 5.74) is 3.24. The first-order chi connectivity index (χ1) is 6.49. The van der Waals surface area contributed by atoms with E-state index < -0.39 is 0 Å². The predicted octanol–water partition coefficient (Wildman–Crippen LogP) is 3.05. The van der Waals surface area contributed by atoms with Crippen LogP contribution in [0.1, 0.15) is 27.0 Å². The van der Waals surface area contributed by atoms with Crippen LogP contribution in [-0.2, 0) is 4.74 Å². The smallest absolute Gasteiger partial charge is 0.338 e. The highest BCUT2D eigenvalue weighted by atomic mass is 35.5. The van der Waals surface area contributed by atoms with Gasteiger partial charge in [0.1, 0.15) is 0 Å². The van der Waals surface area contributed by atoms with Crippen molar-refractivity contribution >= 4 is 17.6 Å². The number of hydrogen-bond acceptors (Lipinski definition) is 2. The monoisotopic (exact) mass is 212 g/mol. The van der Waals surface area contributed by atoms with E-state index >= 15 is 0 Å². The van der Waals surface area contributed by atoms with Crippen molar-refractivity contribution in [3.63, 3.8) is 0 Å². The molecule has 0 aliphatic carbocycles. The van der Waals surface area contributed by atoms with E-state index in [2.05, 4.69) is 0 Å². The molecule has 2 nitrogen and oxygen atoms in total. The van der Waals surface area contributed by atoms with Crippen molar-refractivity contribution in [2.24, 2.45) is 0 Å². The van der Waals surface area contributed by atoms with E-state index in [-0.39, 0.29) is 5.97 Å². The molecule has 0 spiro atoms. The largest absolute Gasteiger partial charge is 0.465 e. The van der Waals surface area contributed by atoms with Crippen molar-refractivity contribution in [2.45, 2.75) is 20.8 Å². The Kier molecular flexibility index (Phi) is 3.17. The Morgan fingerprint density at radius 1 is 1.29 bits per heavy atom. The van der Waals surface area contributed by atoms with Crippen LogP contribution in [0.3, 0.4) is 0 Å². The third-order valence-electron chi connectivity index (χ3n) is 2.27. The standard InChI is InChI=1S/C11H13ClO2/c1-6-5-7(2)10(12)8(3)9(6)11(13)14-4/h5H,1-4H3.